The summed E-state index contributed by atoms with van der Waals surface area (Å²) in [5, 5.41) is 0.955. The summed E-state index contributed by atoms with van der Waals surface area (Å²) in [6.07, 6.45) is 0. The van der Waals surface area contributed by atoms with Gasteiger partial charge in [0.05, 0.1) is 19.2 Å². The van der Waals surface area contributed by atoms with Crippen LogP contribution >= 0.6 is 0 Å². The molecular formula is C18H18N2O3. The number of ether oxygens (including phenoxy) is 2. The molecule has 0 aliphatic rings. The molecule has 23 heavy (non-hydrogen) atoms. The maximum atomic E-state index is 12.1. The number of hydrogen-bond acceptors (Lipinski definition) is 4. The fourth-order valence-corrected chi connectivity index (χ4v) is 2.46. The molecule has 0 aliphatic carbocycles. The predicted molar refractivity (Wildman–Crippen MR) is 91.1 cm³/mol. The van der Waals surface area contributed by atoms with Gasteiger partial charge in [-0.2, -0.15) is 0 Å². The Morgan fingerprint density at radius 1 is 1.00 bits per heavy atom. The minimum atomic E-state index is -0.0522. The lowest BCUT2D eigenvalue weighted by molar-refractivity contribution is 0.298. The van der Waals surface area contributed by atoms with Gasteiger partial charge in [-0.3, -0.25) is 4.79 Å². The largest absolute Gasteiger partial charge is 0.497 e. The first-order valence-corrected chi connectivity index (χ1v) is 7.33. The summed E-state index contributed by atoms with van der Waals surface area (Å²) < 4.78 is 12.6. The molecule has 0 unspecified atom stereocenters. The Kier molecular flexibility index (Phi) is 4.19. The van der Waals surface area contributed by atoms with E-state index in [-0.39, 0.29) is 5.56 Å². The van der Waals surface area contributed by atoms with Crippen LogP contribution in [0.3, 0.4) is 0 Å². The summed E-state index contributed by atoms with van der Waals surface area (Å²) in [6, 6.07) is 16.2. The van der Waals surface area contributed by atoms with E-state index in [2.05, 4.69) is 0 Å². The van der Waals surface area contributed by atoms with Crippen LogP contribution in [0.15, 0.2) is 59.4 Å². The number of nitrogen functional groups attached to an aromatic ring is 1. The highest BCUT2D eigenvalue weighted by atomic mass is 16.5. The molecule has 0 spiro atoms. The van der Waals surface area contributed by atoms with E-state index in [9.17, 15) is 4.79 Å². The van der Waals surface area contributed by atoms with Crippen molar-refractivity contribution in [2.75, 3.05) is 19.5 Å². The van der Waals surface area contributed by atoms with E-state index in [4.69, 9.17) is 15.2 Å². The summed E-state index contributed by atoms with van der Waals surface area (Å²) in [6.45, 7) is 0.863. The Bertz CT molecular complexity index is 870. The van der Waals surface area contributed by atoms with Crippen LogP contribution in [0.5, 0.6) is 11.5 Å². The zero-order chi connectivity index (χ0) is 16.2. The molecule has 0 amide bonds. The number of hydrogen-bond donors (Lipinski definition) is 1. The highest BCUT2D eigenvalue weighted by molar-refractivity contribution is 5.80. The quantitative estimate of drug-likeness (QED) is 0.736. The van der Waals surface area contributed by atoms with Crippen molar-refractivity contribution in [2.45, 2.75) is 6.54 Å². The lowest BCUT2D eigenvalue weighted by atomic mass is 10.2. The Morgan fingerprint density at radius 3 is 2.48 bits per heavy atom. The van der Waals surface area contributed by atoms with E-state index < -0.39 is 0 Å². The van der Waals surface area contributed by atoms with Crippen molar-refractivity contribution in [3.63, 3.8) is 0 Å². The van der Waals surface area contributed by atoms with Crippen molar-refractivity contribution in [3.8, 4) is 11.5 Å². The van der Waals surface area contributed by atoms with E-state index in [0.717, 1.165) is 22.4 Å². The molecular weight excluding hydrogens is 292 g/mol. The molecule has 0 saturated carbocycles. The Labute approximate surface area is 133 Å². The fourth-order valence-electron chi connectivity index (χ4n) is 2.46. The first-order chi connectivity index (χ1) is 11.2. The van der Waals surface area contributed by atoms with Gasteiger partial charge in [0.15, 0.2) is 0 Å². The predicted octanol–water partition coefficient (Wildman–Crippen LogP) is 2.67. The molecule has 0 fully saturated rings. The second kappa shape index (κ2) is 6.44. The molecule has 0 aliphatic heterocycles. The molecule has 2 aromatic carbocycles. The molecule has 5 nitrogen and oxygen atoms in total. The van der Waals surface area contributed by atoms with Crippen LogP contribution in [0.1, 0.15) is 0 Å². The first kappa shape index (κ1) is 15.0. The van der Waals surface area contributed by atoms with Gasteiger partial charge in [0, 0.05) is 17.1 Å². The van der Waals surface area contributed by atoms with Gasteiger partial charge in [0.2, 0.25) is 0 Å². The van der Waals surface area contributed by atoms with E-state index in [0.29, 0.717) is 18.8 Å². The fraction of sp³-hybridized carbons (Fsp3) is 0.167. The Morgan fingerprint density at radius 2 is 1.74 bits per heavy atom. The number of nitrogens with two attached hydrogens (primary N) is 1. The maximum absolute atomic E-state index is 12.1. The third-order valence-electron chi connectivity index (χ3n) is 3.66. The third kappa shape index (κ3) is 3.29. The van der Waals surface area contributed by atoms with Crippen LogP contribution in [-0.2, 0) is 6.54 Å². The highest BCUT2D eigenvalue weighted by Gasteiger charge is 2.05. The summed E-state index contributed by atoms with van der Waals surface area (Å²) in [7, 11) is 1.62. The molecule has 0 bridgehead atoms. The zero-order valence-electron chi connectivity index (χ0n) is 12.9. The van der Waals surface area contributed by atoms with Crippen LogP contribution in [0.25, 0.3) is 10.9 Å². The number of benzene rings is 2. The van der Waals surface area contributed by atoms with Crippen LogP contribution in [0.4, 0.5) is 5.69 Å². The molecule has 118 valence electrons. The van der Waals surface area contributed by atoms with Gasteiger partial charge in [0.25, 0.3) is 5.56 Å². The van der Waals surface area contributed by atoms with Crippen LogP contribution in [0, 0.1) is 0 Å². The number of fused-ring (bicyclic) bond motifs is 1. The van der Waals surface area contributed by atoms with Crippen molar-refractivity contribution < 1.29 is 9.47 Å². The van der Waals surface area contributed by atoms with Crippen molar-refractivity contribution in [3.05, 3.63) is 65.0 Å². The minimum Gasteiger partial charge on any atom is -0.497 e. The normalized spacial score (nSPS) is 10.7. The van der Waals surface area contributed by atoms with Gasteiger partial charge < -0.3 is 19.8 Å². The summed E-state index contributed by atoms with van der Waals surface area (Å²) >= 11 is 0. The van der Waals surface area contributed by atoms with Crippen molar-refractivity contribution in [2.24, 2.45) is 0 Å². The molecule has 3 aromatic rings. The van der Waals surface area contributed by atoms with E-state index in [1.807, 2.05) is 30.3 Å². The van der Waals surface area contributed by atoms with Gasteiger partial charge in [-0.05, 0) is 48.5 Å². The smallest absolute Gasteiger partial charge is 0.251 e. The number of pyridine rings is 1. The van der Waals surface area contributed by atoms with Crippen LogP contribution in [-0.4, -0.2) is 18.3 Å². The molecule has 5 heteroatoms. The molecule has 2 N–H and O–H groups in total. The SMILES string of the molecule is COc1ccc2c(ccc(=O)n2CCOc2ccc(N)cc2)c1. The Hall–Kier alpha value is -2.95. The summed E-state index contributed by atoms with van der Waals surface area (Å²) in [5.41, 5.74) is 7.14. The number of aromatic nitrogens is 1. The molecule has 0 saturated heterocycles. The minimum absolute atomic E-state index is 0.0522. The topological polar surface area (TPSA) is 66.5 Å². The van der Waals surface area contributed by atoms with Gasteiger partial charge in [0.1, 0.15) is 18.1 Å². The summed E-state index contributed by atoms with van der Waals surface area (Å²) in [4.78, 5) is 12.1. The number of anilines is 1. The number of nitrogens with zero attached hydrogens (tertiary/aromatic N) is 1. The van der Waals surface area contributed by atoms with E-state index >= 15 is 0 Å². The highest BCUT2D eigenvalue weighted by Crippen LogP contribution is 2.19. The lowest BCUT2D eigenvalue weighted by Crippen LogP contribution is -2.22. The molecule has 1 aromatic heterocycles. The average Bonchev–Trinajstić information content (AvgIpc) is 2.58. The van der Waals surface area contributed by atoms with Gasteiger partial charge >= 0.3 is 0 Å². The second-order valence-corrected chi connectivity index (χ2v) is 5.17. The standard InChI is InChI=1S/C18H18N2O3/c1-22-16-7-8-17-13(12-16)2-9-18(21)20(17)10-11-23-15-5-3-14(19)4-6-15/h2-9,12H,10-11,19H2,1H3. The average molecular weight is 310 g/mol. The molecule has 0 atom stereocenters. The van der Waals surface area contributed by atoms with Crippen molar-refractivity contribution >= 4 is 16.6 Å². The van der Waals surface area contributed by atoms with Gasteiger partial charge in [-0.15, -0.1) is 0 Å². The number of rotatable bonds is 5. The maximum Gasteiger partial charge on any atom is 0.251 e. The van der Waals surface area contributed by atoms with E-state index in [1.165, 1.54) is 0 Å². The van der Waals surface area contributed by atoms with Crippen molar-refractivity contribution in [1.29, 1.82) is 0 Å². The van der Waals surface area contributed by atoms with Gasteiger partial charge in [-0.1, -0.05) is 0 Å². The number of methoxy groups -OCH3 is 1. The monoisotopic (exact) mass is 310 g/mol. The summed E-state index contributed by atoms with van der Waals surface area (Å²) in [5.74, 6) is 1.50. The Balaban J connectivity index is 1.80. The zero-order valence-corrected chi connectivity index (χ0v) is 12.9. The van der Waals surface area contributed by atoms with E-state index in [1.54, 1.807) is 35.9 Å². The molecule has 3 rings (SSSR count). The second-order valence-electron chi connectivity index (χ2n) is 5.17. The first-order valence-electron chi connectivity index (χ1n) is 7.33. The molecule has 1 heterocycles. The lowest BCUT2D eigenvalue weighted by Gasteiger charge is -2.12. The third-order valence-corrected chi connectivity index (χ3v) is 3.66. The van der Waals surface area contributed by atoms with Crippen LogP contribution in [0.2, 0.25) is 0 Å². The van der Waals surface area contributed by atoms with Crippen molar-refractivity contribution in [1.82, 2.24) is 4.57 Å². The van der Waals surface area contributed by atoms with Gasteiger partial charge in [-0.25, -0.2) is 0 Å². The van der Waals surface area contributed by atoms with Crippen LogP contribution < -0.4 is 20.8 Å². The molecule has 0 radical (unpaired) electrons.